The number of benzene rings is 1. The van der Waals surface area contributed by atoms with Gasteiger partial charge in [-0.05, 0) is 38.3 Å². The predicted octanol–water partition coefficient (Wildman–Crippen LogP) is 2.57. The van der Waals surface area contributed by atoms with E-state index in [1.807, 2.05) is 20.8 Å². The Hall–Kier alpha value is -2.04. The molecule has 5 nitrogen and oxygen atoms in total. The summed E-state index contributed by atoms with van der Waals surface area (Å²) in [6.45, 7) is 8.28. The molecule has 23 heavy (non-hydrogen) atoms. The fourth-order valence-corrected chi connectivity index (χ4v) is 3.00. The topological polar surface area (TPSA) is 53.9 Å². The SMILES string of the molecule is CC(C)(C)OC(=O)N1CCN=C(NCC2Cc3ccccc32)C1. The van der Waals surface area contributed by atoms with Crippen molar-refractivity contribution in [2.45, 2.75) is 38.7 Å². The van der Waals surface area contributed by atoms with Gasteiger partial charge in [-0.1, -0.05) is 24.3 Å². The largest absolute Gasteiger partial charge is 0.444 e. The third-order valence-corrected chi connectivity index (χ3v) is 4.18. The molecule has 1 heterocycles. The Labute approximate surface area is 137 Å². The highest BCUT2D eigenvalue weighted by molar-refractivity contribution is 5.88. The van der Waals surface area contributed by atoms with E-state index in [9.17, 15) is 4.79 Å². The third-order valence-electron chi connectivity index (χ3n) is 4.18. The van der Waals surface area contributed by atoms with Gasteiger partial charge >= 0.3 is 6.09 Å². The summed E-state index contributed by atoms with van der Waals surface area (Å²) in [6, 6.07) is 8.56. The summed E-state index contributed by atoms with van der Waals surface area (Å²) in [5.74, 6) is 1.43. The van der Waals surface area contributed by atoms with Crippen LogP contribution in [0.25, 0.3) is 0 Å². The molecule has 2 aliphatic rings. The molecule has 1 aliphatic heterocycles. The van der Waals surface area contributed by atoms with Crippen molar-refractivity contribution < 1.29 is 9.53 Å². The molecular formula is C18H25N3O2. The average molecular weight is 315 g/mol. The molecule has 1 aliphatic carbocycles. The molecule has 1 amide bonds. The molecule has 0 saturated carbocycles. The lowest BCUT2D eigenvalue weighted by molar-refractivity contribution is 0.0276. The lowest BCUT2D eigenvalue weighted by atomic mass is 9.77. The van der Waals surface area contributed by atoms with Crippen LogP contribution in [0.4, 0.5) is 4.79 Å². The van der Waals surface area contributed by atoms with Crippen LogP contribution < -0.4 is 5.32 Å². The predicted molar refractivity (Wildman–Crippen MR) is 91.0 cm³/mol. The molecule has 1 aromatic carbocycles. The second kappa shape index (κ2) is 6.22. The van der Waals surface area contributed by atoms with Gasteiger partial charge in [0.2, 0.25) is 0 Å². The van der Waals surface area contributed by atoms with Crippen LogP contribution in [0.3, 0.4) is 0 Å². The third kappa shape index (κ3) is 3.84. The first-order chi connectivity index (χ1) is 10.9. The number of nitrogens with zero attached hydrogens (tertiary/aromatic N) is 2. The van der Waals surface area contributed by atoms with Crippen molar-refractivity contribution in [1.82, 2.24) is 10.2 Å². The standard InChI is InChI=1S/C18H25N3O2/c1-18(2,3)23-17(22)21-9-8-19-16(12-21)20-11-14-10-13-6-4-5-7-15(13)14/h4-7,14H,8-12H2,1-3H3,(H,19,20). The van der Waals surface area contributed by atoms with Gasteiger partial charge in [0.15, 0.2) is 0 Å². The Balaban J connectivity index is 1.50. The number of nitrogens with one attached hydrogen (secondary N) is 1. The number of rotatable bonds is 2. The number of hydrogen-bond acceptors (Lipinski definition) is 4. The van der Waals surface area contributed by atoms with Crippen LogP contribution >= 0.6 is 0 Å². The number of carbonyl (C=O) groups is 1. The quantitative estimate of drug-likeness (QED) is 0.912. The fraction of sp³-hybridized carbons (Fsp3) is 0.556. The van der Waals surface area contributed by atoms with Crippen molar-refractivity contribution in [3.05, 3.63) is 35.4 Å². The Kier molecular flexibility index (Phi) is 4.28. The van der Waals surface area contributed by atoms with Gasteiger partial charge in [-0.15, -0.1) is 0 Å². The molecule has 0 radical (unpaired) electrons. The summed E-state index contributed by atoms with van der Waals surface area (Å²) in [4.78, 5) is 18.4. The van der Waals surface area contributed by atoms with E-state index in [0.29, 0.717) is 25.6 Å². The van der Waals surface area contributed by atoms with E-state index in [0.717, 1.165) is 18.8 Å². The smallest absolute Gasteiger partial charge is 0.410 e. The maximum absolute atomic E-state index is 12.1. The lowest BCUT2D eigenvalue weighted by Gasteiger charge is -2.33. The minimum absolute atomic E-state index is 0.263. The maximum Gasteiger partial charge on any atom is 0.410 e. The summed E-state index contributed by atoms with van der Waals surface area (Å²) in [5, 5.41) is 3.41. The first kappa shape index (κ1) is 15.8. The number of ether oxygens (including phenoxy) is 1. The van der Waals surface area contributed by atoms with Gasteiger partial charge in [-0.3, -0.25) is 9.89 Å². The van der Waals surface area contributed by atoms with E-state index in [1.165, 1.54) is 11.1 Å². The van der Waals surface area contributed by atoms with E-state index in [2.05, 4.69) is 34.6 Å². The zero-order chi connectivity index (χ0) is 16.4. The van der Waals surface area contributed by atoms with Crippen molar-refractivity contribution >= 4 is 11.9 Å². The molecule has 0 fully saturated rings. The molecule has 1 N–H and O–H groups in total. The normalized spacial score (nSPS) is 20.2. The van der Waals surface area contributed by atoms with Crippen molar-refractivity contribution in [3.8, 4) is 0 Å². The van der Waals surface area contributed by atoms with Crippen LogP contribution in [0.1, 0.15) is 37.8 Å². The number of fused-ring (bicyclic) bond motifs is 1. The van der Waals surface area contributed by atoms with E-state index >= 15 is 0 Å². The molecular weight excluding hydrogens is 290 g/mol. The molecule has 5 heteroatoms. The van der Waals surface area contributed by atoms with E-state index in [-0.39, 0.29) is 6.09 Å². The van der Waals surface area contributed by atoms with Gasteiger partial charge in [0, 0.05) is 19.0 Å². The number of hydrogen-bond donors (Lipinski definition) is 1. The van der Waals surface area contributed by atoms with Crippen molar-refractivity contribution in [1.29, 1.82) is 0 Å². The molecule has 1 unspecified atom stereocenters. The highest BCUT2D eigenvalue weighted by atomic mass is 16.6. The molecule has 0 bridgehead atoms. The molecule has 3 rings (SSSR count). The van der Waals surface area contributed by atoms with Crippen LogP contribution in [0.5, 0.6) is 0 Å². The summed E-state index contributed by atoms with van der Waals surface area (Å²) >= 11 is 0. The van der Waals surface area contributed by atoms with Crippen molar-refractivity contribution in [3.63, 3.8) is 0 Å². The lowest BCUT2D eigenvalue weighted by Crippen LogP contribution is -2.48. The summed E-state index contributed by atoms with van der Waals surface area (Å²) < 4.78 is 5.43. The maximum atomic E-state index is 12.1. The molecule has 0 spiro atoms. The van der Waals surface area contributed by atoms with Crippen molar-refractivity contribution in [2.75, 3.05) is 26.2 Å². The Morgan fingerprint density at radius 3 is 2.91 bits per heavy atom. The molecule has 1 atom stereocenters. The van der Waals surface area contributed by atoms with Gasteiger partial charge in [0.1, 0.15) is 11.4 Å². The first-order valence-corrected chi connectivity index (χ1v) is 8.25. The fourth-order valence-electron chi connectivity index (χ4n) is 3.00. The van der Waals surface area contributed by atoms with Crippen LogP contribution in [0, 0.1) is 0 Å². The Morgan fingerprint density at radius 1 is 1.39 bits per heavy atom. The second-order valence-corrected chi connectivity index (χ2v) is 7.21. The zero-order valence-corrected chi connectivity index (χ0v) is 14.1. The highest BCUT2D eigenvalue weighted by Crippen LogP contribution is 2.33. The average Bonchev–Trinajstić information content (AvgIpc) is 2.47. The Morgan fingerprint density at radius 2 is 2.17 bits per heavy atom. The van der Waals surface area contributed by atoms with Gasteiger partial charge in [-0.2, -0.15) is 0 Å². The van der Waals surface area contributed by atoms with Gasteiger partial charge in [0.05, 0.1) is 13.1 Å². The minimum Gasteiger partial charge on any atom is -0.444 e. The Bertz CT molecular complexity index is 619. The monoisotopic (exact) mass is 315 g/mol. The number of amides is 1. The van der Waals surface area contributed by atoms with Crippen LogP contribution in [0.15, 0.2) is 29.3 Å². The van der Waals surface area contributed by atoms with Gasteiger partial charge in [0.25, 0.3) is 0 Å². The summed E-state index contributed by atoms with van der Waals surface area (Å²) in [6.07, 6.45) is 0.854. The molecule has 1 aromatic rings. The van der Waals surface area contributed by atoms with Gasteiger partial charge in [-0.25, -0.2) is 4.79 Å². The number of aliphatic imine (C=N–C) groups is 1. The molecule has 0 saturated heterocycles. The van der Waals surface area contributed by atoms with Crippen LogP contribution in [0.2, 0.25) is 0 Å². The van der Waals surface area contributed by atoms with Crippen LogP contribution in [-0.2, 0) is 11.2 Å². The summed E-state index contributed by atoms with van der Waals surface area (Å²) in [7, 11) is 0. The zero-order valence-electron chi connectivity index (χ0n) is 14.1. The van der Waals surface area contributed by atoms with E-state index < -0.39 is 5.60 Å². The molecule has 0 aromatic heterocycles. The van der Waals surface area contributed by atoms with E-state index in [4.69, 9.17) is 4.74 Å². The number of carbonyl (C=O) groups excluding carboxylic acids is 1. The molecule has 124 valence electrons. The number of amidine groups is 1. The van der Waals surface area contributed by atoms with Crippen molar-refractivity contribution in [2.24, 2.45) is 4.99 Å². The summed E-state index contributed by atoms with van der Waals surface area (Å²) in [5.41, 5.74) is 2.41. The highest BCUT2D eigenvalue weighted by Gasteiger charge is 2.27. The van der Waals surface area contributed by atoms with Crippen LogP contribution in [-0.4, -0.2) is 48.6 Å². The first-order valence-electron chi connectivity index (χ1n) is 8.25. The minimum atomic E-state index is -0.463. The van der Waals surface area contributed by atoms with E-state index in [1.54, 1.807) is 4.90 Å². The van der Waals surface area contributed by atoms with Gasteiger partial charge < -0.3 is 10.1 Å². The second-order valence-electron chi connectivity index (χ2n) is 7.21.